The Morgan fingerprint density at radius 3 is 2.65 bits per heavy atom. The Hall–Kier alpha value is -1.07. The summed E-state index contributed by atoms with van der Waals surface area (Å²) in [6.07, 6.45) is 3.54. The molecule has 5 heteroatoms. The van der Waals surface area contributed by atoms with E-state index in [4.69, 9.17) is 5.73 Å². The lowest BCUT2D eigenvalue weighted by Crippen LogP contribution is -2.45. The van der Waals surface area contributed by atoms with Gasteiger partial charge >= 0.3 is 0 Å². The highest BCUT2D eigenvalue weighted by Crippen LogP contribution is 2.20. The zero-order valence-electron chi connectivity index (χ0n) is 9.58. The fourth-order valence-electron chi connectivity index (χ4n) is 1.88. The molecule has 1 heterocycles. The molecule has 0 atom stereocenters. The summed E-state index contributed by atoms with van der Waals surface area (Å²) in [5, 5.41) is 1.98. The van der Waals surface area contributed by atoms with Crippen LogP contribution in [0.4, 0.5) is 5.69 Å². The number of hydrogen-bond donors (Lipinski definition) is 2. The largest absolute Gasteiger partial charge is 0.398 e. The van der Waals surface area contributed by atoms with Crippen molar-refractivity contribution in [2.45, 2.75) is 19.3 Å². The van der Waals surface area contributed by atoms with Crippen LogP contribution in [0.25, 0.3) is 0 Å². The van der Waals surface area contributed by atoms with Crippen LogP contribution in [0.2, 0.25) is 0 Å². The number of amides is 1. The van der Waals surface area contributed by atoms with Crippen LogP contribution in [0, 0.1) is 0 Å². The standard InChI is InChI=1S/C12H16BrN3O/c13-10-8-9(4-5-11(10)14)12(17)15-16-6-2-1-3-7-16/h4-5,8H,1-3,6-7,14H2,(H,15,17). The van der Waals surface area contributed by atoms with Gasteiger partial charge in [0.15, 0.2) is 0 Å². The molecule has 0 bridgehead atoms. The Morgan fingerprint density at radius 1 is 1.29 bits per heavy atom. The number of nitrogens with zero attached hydrogens (tertiary/aromatic N) is 1. The maximum atomic E-state index is 12.0. The van der Waals surface area contributed by atoms with Crippen molar-refractivity contribution in [3.05, 3.63) is 28.2 Å². The van der Waals surface area contributed by atoms with Gasteiger partial charge in [-0.1, -0.05) is 6.42 Å². The van der Waals surface area contributed by atoms with Crippen molar-refractivity contribution in [1.29, 1.82) is 0 Å². The number of anilines is 1. The van der Waals surface area contributed by atoms with Crippen molar-refractivity contribution in [3.63, 3.8) is 0 Å². The molecule has 0 radical (unpaired) electrons. The van der Waals surface area contributed by atoms with E-state index < -0.39 is 0 Å². The molecule has 17 heavy (non-hydrogen) atoms. The summed E-state index contributed by atoms with van der Waals surface area (Å²) in [6, 6.07) is 5.21. The van der Waals surface area contributed by atoms with Crippen molar-refractivity contribution in [3.8, 4) is 0 Å². The molecular formula is C12H16BrN3O. The van der Waals surface area contributed by atoms with E-state index in [0.29, 0.717) is 11.3 Å². The lowest BCUT2D eigenvalue weighted by molar-refractivity contribution is 0.0750. The summed E-state index contributed by atoms with van der Waals surface area (Å²) in [5.74, 6) is -0.0763. The van der Waals surface area contributed by atoms with Crippen molar-refractivity contribution < 1.29 is 4.79 Å². The van der Waals surface area contributed by atoms with Gasteiger partial charge in [0.05, 0.1) is 0 Å². The molecule has 0 aliphatic carbocycles. The summed E-state index contributed by atoms with van der Waals surface area (Å²) in [5.41, 5.74) is 9.86. The Labute approximate surface area is 109 Å². The number of benzene rings is 1. The number of halogens is 1. The molecule has 1 aromatic rings. The first-order valence-electron chi connectivity index (χ1n) is 5.78. The fraction of sp³-hybridized carbons (Fsp3) is 0.417. The van der Waals surface area contributed by atoms with Gasteiger partial charge in [-0.2, -0.15) is 0 Å². The second-order valence-corrected chi connectivity index (χ2v) is 5.08. The molecule has 92 valence electrons. The van der Waals surface area contributed by atoms with Gasteiger partial charge in [0.25, 0.3) is 5.91 Å². The summed E-state index contributed by atoms with van der Waals surface area (Å²) < 4.78 is 0.754. The van der Waals surface area contributed by atoms with E-state index in [-0.39, 0.29) is 5.91 Å². The summed E-state index contributed by atoms with van der Waals surface area (Å²) in [4.78, 5) is 12.0. The molecule has 0 unspecified atom stereocenters. The third kappa shape index (κ3) is 3.20. The molecule has 0 aromatic heterocycles. The van der Waals surface area contributed by atoms with Gasteiger partial charge < -0.3 is 5.73 Å². The highest BCUT2D eigenvalue weighted by molar-refractivity contribution is 9.10. The molecular weight excluding hydrogens is 282 g/mol. The minimum absolute atomic E-state index is 0.0763. The van der Waals surface area contributed by atoms with E-state index in [1.54, 1.807) is 18.2 Å². The van der Waals surface area contributed by atoms with Crippen LogP contribution in [-0.2, 0) is 0 Å². The van der Waals surface area contributed by atoms with Crippen LogP contribution < -0.4 is 11.2 Å². The molecule has 1 saturated heterocycles. The van der Waals surface area contributed by atoms with Gasteiger partial charge in [0.2, 0.25) is 0 Å². The van der Waals surface area contributed by atoms with Gasteiger partial charge in [0.1, 0.15) is 0 Å². The van der Waals surface area contributed by atoms with Crippen LogP contribution in [0.5, 0.6) is 0 Å². The summed E-state index contributed by atoms with van der Waals surface area (Å²) in [6.45, 7) is 1.86. The predicted molar refractivity (Wildman–Crippen MR) is 71.4 cm³/mol. The van der Waals surface area contributed by atoms with Crippen molar-refractivity contribution >= 4 is 27.5 Å². The van der Waals surface area contributed by atoms with Crippen LogP contribution in [0.1, 0.15) is 29.6 Å². The Balaban J connectivity index is 2.01. The molecule has 1 aliphatic rings. The molecule has 1 aromatic carbocycles. The quantitative estimate of drug-likeness (QED) is 0.823. The number of hydrogen-bond acceptors (Lipinski definition) is 3. The predicted octanol–water partition coefficient (Wildman–Crippen LogP) is 2.16. The third-order valence-corrected chi connectivity index (χ3v) is 3.57. The minimum Gasteiger partial charge on any atom is -0.398 e. The summed E-state index contributed by atoms with van der Waals surface area (Å²) >= 11 is 3.32. The Morgan fingerprint density at radius 2 is 2.00 bits per heavy atom. The van der Waals surface area contributed by atoms with Crippen molar-refractivity contribution in [2.75, 3.05) is 18.8 Å². The van der Waals surface area contributed by atoms with Crippen LogP contribution in [0.15, 0.2) is 22.7 Å². The average Bonchev–Trinajstić information content (AvgIpc) is 2.34. The zero-order chi connectivity index (χ0) is 12.3. The van der Waals surface area contributed by atoms with Crippen molar-refractivity contribution in [2.24, 2.45) is 0 Å². The van der Waals surface area contributed by atoms with Crippen LogP contribution >= 0.6 is 15.9 Å². The molecule has 4 nitrogen and oxygen atoms in total. The van der Waals surface area contributed by atoms with E-state index in [2.05, 4.69) is 21.4 Å². The normalized spacial score (nSPS) is 16.8. The second-order valence-electron chi connectivity index (χ2n) is 4.22. The van der Waals surface area contributed by atoms with E-state index in [0.717, 1.165) is 30.4 Å². The topological polar surface area (TPSA) is 58.4 Å². The lowest BCUT2D eigenvalue weighted by atomic mass is 10.1. The number of hydrazine groups is 1. The number of piperidine rings is 1. The third-order valence-electron chi connectivity index (χ3n) is 2.88. The van der Waals surface area contributed by atoms with E-state index in [9.17, 15) is 4.79 Å². The van der Waals surface area contributed by atoms with Gasteiger partial charge in [-0.15, -0.1) is 0 Å². The average molecular weight is 298 g/mol. The Bertz CT molecular complexity index is 416. The Kier molecular flexibility index (Phi) is 4.02. The van der Waals surface area contributed by atoms with Gasteiger partial charge in [-0.05, 0) is 47.0 Å². The maximum Gasteiger partial charge on any atom is 0.265 e. The monoisotopic (exact) mass is 297 g/mol. The first-order valence-corrected chi connectivity index (χ1v) is 6.57. The number of rotatable bonds is 2. The molecule has 1 fully saturated rings. The van der Waals surface area contributed by atoms with Gasteiger partial charge in [-0.3, -0.25) is 10.2 Å². The summed E-state index contributed by atoms with van der Waals surface area (Å²) in [7, 11) is 0. The number of nitrogens with one attached hydrogen (secondary N) is 1. The molecule has 3 N–H and O–H groups in total. The molecule has 0 spiro atoms. The first kappa shape index (κ1) is 12.4. The van der Waals surface area contributed by atoms with E-state index in [1.807, 2.05) is 5.01 Å². The highest BCUT2D eigenvalue weighted by Gasteiger charge is 2.14. The molecule has 1 amide bonds. The number of nitrogens with two attached hydrogens (primary N) is 1. The van der Waals surface area contributed by atoms with E-state index >= 15 is 0 Å². The lowest BCUT2D eigenvalue weighted by Gasteiger charge is -2.26. The van der Waals surface area contributed by atoms with E-state index in [1.165, 1.54) is 6.42 Å². The second kappa shape index (κ2) is 5.51. The maximum absolute atomic E-state index is 12.0. The SMILES string of the molecule is Nc1ccc(C(=O)NN2CCCCC2)cc1Br. The van der Waals surface area contributed by atoms with Gasteiger partial charge in [-0.25, -0.2) is 5.01 Å². The van der Waals surface area contributed by atoms with Crippen LogP contribution in [0.3, 0.4) is 0 Å². The number of carbonyl (C=O) groups is 1. The molecule has 2 rings (SSSR count). The van der Waals surface area contributed by atoms with Gasteiger partial charge in [0, 0.05) is 28.8 Å². The first-order chi connectivity index (χ1) is 8.16. The highest BCUT2D eigenvalue weighted by atomic mass is 79.9. The number of nitrogen functional groups attached to an aromatic ring is 1. The molecule has 0 saturated carbocycles. The smallest absolute Gasteiger partial charge is 0.265 e. The minimum atomic E-state index is -0.0763. The molecule has 1 aliphatic heterocycles. The van der Waals surface area contributed by atoms with Crippen molar-refractivity contribution in [1.82, 2.24) is 10.4 Å². The zero-order valence-corrected chi connectivity index (χ0v) is 11.2. The fourth-order valence-corrected chi connectivity index (χ4v) is 2.26. The number of carbonyl (C=O) groups excluding carboxylic acids is 1. The van der Waals surface area contributed by atoms with Crippen LogP contribution in [-0.4, -0.2) is 24.0 Å².